The molecule has 0 aliphatic carbocycles. The average Bonchev–Trinajstić information content (AvgIpc) is 1.81. The van der Waals surface area contributed by atoms with E-state index in [1.165, 1.54) is 6.08 Å². The summed E-state index contributed by atoms with van der Waals surface area (Å²) in [6.07, 6.45) is 1.28. The Kier molecular flexibility index (Phi) is 4.69. The summed E-state index contributed by atoms with van der Waals surface area (Å²) in [5.74, 6) is -1.08. The lowest BCUT2D eigenvalue weighted by molar-refractivity contribution is -0.119. The van der Waals surface area contributed by atoms with Crippen molar-refractivity contribution in [3.05, 3.63) is 12.7 Å². The number of nitrogens with one attached hydrogen (secondary N) is 1. The third-order valence-corrected chi connectivity index (χ3v) is 2.62. The second-order valence-corrected chi connectivity index (χ2v) is 5.17. The lowest BCUT2D eigenvalue weighted by atomic mass is 10.4. The minimum Gasteiger partial charge on any atom is -0.353 e. The van der Waals surface area contributed by atoms with E-state index < -0.39 is 21.5 Å². The molecule has 0 aromatic heterocycles. The molecule has 0 aliphatic heterocycles. The van der Waals surface area contributed by atoms with Gasteiger partial charge in [0.15, 0.2) is 9.84 Å². The van der Waals surface area contributed by atoms with E-state index in [1.807, 2.05) is 0 Å². The molecule has 5 heteroatoms. The van der Waals surface area contributed by atoms with E-state index in [-0.39, 0.29) is 11.8 Å². The molecule has 0 spiro atoms. The highest BCUT2D eigenvalue weighted by Crippen LogP contribution is 1.91. The Morgan fingerprint density at radius 1 is 1.54 bits per heavy atom. The van der Waals surface area contributed by atoms with Crippen molar-refractivity contribution in [2.24, 2.45) is 0 Å². The third kappa shape index (κ3) is 6.33. The van der Waals surface area contributed by atoms with Crippen molar-refractivity contribution in [3.8, 4) is 0 Å². The van der Waals surface area contributed by atoms with Crippen LogP contribution in [0.3, 0.4) is 0 Å². The van der Waals surface area contributed by atoms with E-state index in [0.717, 1.165) is 0 Å². The van der Waals surface area contributed by atoms with Crippen LogP contribution in [0.15, 0.2) is 12.7 Å². The maximum Gasteiger partial charge on any atom is 0.235 e. The quantitative estimate of drug-likeness (QED) is 0.648. The molecule has 0 rings (SSSR count). The maximum absolute atomic E-state index is 11.1. The number of carbonyl (C=O) groups excluding carboxylic acids is 1. The van der Waals surface area contributed by atoms with Crippen molar-refractivity contribution < 1.29 is 13.2 Å². The van der Waals surface area contributed by atoms with Crippen LogP contribution in [0.1, 0.15) is 13.8 Å². The molecule has 4 nitrogen and oxygen atoms in total. The number of rotatable bonds is 5. The lowest BCUT2D eigenvalue weighted by Gasteiger charge is -2.07. The van der Waals surface area contributed by atoms with Crippen LogP contribution in [-0.2, 0) is 14.6 Å². The number of hydrogen-bond acceptors (Lipinski definition) is 3. The summed E-state index contributed by atoms with van der Waals surface area (Å²) in [6.45, 7) is 6.85. The molecule has 1 amide bonds. The molecular weight excluding hydrogens is 190 g/mol. The molecule has 0 unspecified atom stereocenters. The molecule has 0 aromatic carbocycles. The fourth-order valence-corrected chi connectivity index (χ4v) is 1.76. The highest BCUT2D eigenvalue weighted by atomic mass is 32.2. The first-order valence-electron chi connectivity index (χ1n) is 3.98. The van der Waals surface area contributed by atoms with Crippen molar-refractivity contribution in [3.63, 3.8) is 0 Å². The summed E-state index contributed by atoms with van der Waals surface area (Å²) in [5.41, 5.74) is 0. The monoisotopic (exact) mass is 205 g/mol. The van der Waals surface area contributed by atoms with E-state index in [2.05, 4.69) is 11.9 Å². The summed E-state index contributed by atoms with van der Waals surface area (Å²) >= 11 is 0. The van der Waals surface area contributed by atoms with Crippen LogP contribution >= 0.6 is 0 Å². The summed E-state index contributed by atoms with van der Waals surface area (Å²) in [4.78, 5) is 11.0. The van der Waals surface area contributed by atoms with Gasteiger partial charge in [-0.2, -0.15) is 0 Å². The maximum atomic E-state index is 11.1. The fraction of sp³-hybridized carbons (Fsp3) is 0.625. The Labute approximate surface area is 78.9 Å². The van der Waals surface area contributed by atoms with Crippen molar-refractivity contribution in [1.82, 2.24) is 5.32 Å². The van der Waals surface area contributed by atoms with Gasteiger partial charge in [0.05, 0.1) is 5.75 Å². The van der Waals surface area contributed by atoms with Crippen molar-refractivity contribution in [2.75, 3.05) is 11.5 Å². The predicted octanol–water partition coefficient (Wildman–Crippen LogP) is 0.112. The second-order valence-electron chi connectivity index (χ2n) is 3.07. The lowest BCUT2D eigenvalue weighted by Crippen LogP contribution is -2.35. The van der Waals surface area contributed by atoms with Gasteiger partial charge >= 0.3 is 0 Å². The predicted molar refractivity (Wildman–Crippen MR) is 52.1 cm³/mol. The summed E-state index contributed by atoms with van der Waals surface area (Å²) in [5, 5.41) is 2.50. The largest absolute Gasteiger partial charge is 0.353 e. The molecule has 0 saturated heterocycles. The zero-order valence-corrected chi connectivity index (χ0v) is 8.73. The van der Waals surface area contributed by atoms with E-state index in [0.29, 0.717) is 0 Å². The Bertz CT molecular complexity index is 280. The number of sulfone groups is 1. The molecule has 0 saturated carbocycles. The van der Waals surface area contributed by atoms with Crippen LogP contribution < -0.4 is 5.32 Å². The topological polar surface area (TPSA) is 63.2 Å². The number of carbonyl (C=O) groups is 1. The molecule has 76 valence electrons. The van der Waals surface area contributed by atoms with Gasteiger partial charge in [-0.15, -0.1) is 6.58 Å². The first-order chi connectivity index (χ1) is 5.87. The smallest absolute Gasteiger partial charge is 0.235 e. The zero-order chi connectivity index (χ0) is 10.5. The molecule has 0 heterocycles. The van der Waals surface area contributed by atoms with Crippen LogP contribution in [0.4, 0.5) is 0 Å². The fourth-order valence-electron chi connectivity index (χ4n) is 0.802. The SMILES string of the molecule is C=CCS(=O)(=O)CC(=O)NC(C)C. The first kappa shape index (κ1) is 12.2. The Morgan fingerprint density at radius 3 is 2.46 bits per heavy atom. The molecule has 0 radical (unpaired) electrons. The van der Waals surface area contributed by atoms with E-state index in [1.54, 1.807) is 13.8 Å². The second kappa shape index (κ2) is 5.01. The Balaban J connectivity index is 4.12. The zero-order valence-electron chi connectivity index (χ0n) is 7.91. The number of amides is 1. The summed E-state index contributed by atoms with van der Waals surface area (Å²) in [7, 11) is -3.31. The van der Waals surface area contributed by atoms with Gasteiger partial charge in [-0.1, -0.05) is 6.08 Å². The third-order valence-electron chi connectivity index (χ3n) is 1.17. The van der Waals surface area contributed by atoms with Crippen LogP contribution in [-0.4, -0.2) is 31.9 Å². The molecule has 0 atom stereocenters. The minimum atomic E-state index is -3.31. The Morgan fingerprint density at radius 2 is 2.08 bits per heavy atom. The van der Waals surface area contributed by atoms with Gasteiger partial charge in [-0.25, -0.2) is 8.42 Å². The Hall–Kier alpha value is -0.840. The molecule has 0 bridgehead atoms. The van der Waals surface area contributed by atoms with E-state index in [9.17, 15) is 13.2 Å². The highest BCUT2D eigenvalue weighted by molar-refractivity contribution is 7.92. The van der Waals surface area contributed by atoms with Crippen LogP contribution in [0.25, 0.3) is 0 Å². The van der Waals surface area contributed by atoms with Gasteiger partial charge in [-0.3, -0.25) is 4.79 Å². The molecular formula is C8H15NO3S. The van der Waals surface area contributed by atoms with Crippen molar-refractivity contribution in [2.45, 2.75) is 19.9 Å². The van der Waals surface area contributed by atoms with Gasteiger partial charge in [0.1, 0.15) is 5.75 Å². The molecule has 0 aliphatic rings. The van der Waals surface area contributed by atoms with Crippen LogP contribution in [0, 0.1) is 0 Å². The van der Waals surface area contributed by atoms with Crippen molar-refractivity contribution >= 4 is 15.7 Å². The van der Waals surface area contributed by atoms with Gasteiger partial charge in [0, 0.05) is 6.04 Å². The minimum absolute atomic E-state index is 0.0357. The standard InChI is InChI=1S/C8H15NO3S/c1-4-5-13(11,12)6-8(10)9-7(2)3/h4,7H,1,5-6H2,2-3H3,(H,9,10). The highest BCUT2D eigenvalue weighted by Gasteiger charge is 2.14. The summed E-state index contributed by atoms with van der Waals surface area (Å²) < 4.78 is 22.2. The average molecular weight is 205 g/mol. The molecule has 1 N–H and O–H groups in total. The van der Waals surface area contributed by atoms with E-state index >= 15 is 0 Å². The van der Waals surface area contributed by atoms with Crippen LogP contribution in [0.5, 0.6) is 0 Å². The van der Waals surface area contributed by atoms with Crippen molar-refractivity contribution in [1.29, 1.82) is 0 Å². The van der Waals surface area contributed by atoms with Gasteiger partial charge in [0.25, 0.3) is 0 Å². The van der Waals surface area contributed by atoms with E-state index in [4.69, 9.17) is 0 Å². The van der Waals surface area contributed by atoms with Crippen LogP contribution in [0.2, 0.25) is 0 Å². The molecule has 0 fully saturated rings. The van der Waals surface area contributed by atoms with Gasteiger partial charge in [0.2, 0.25) is 5.91 Å². The normalized spacial score (nSPS) is 11.3. The molecule has 0 aromatic rings. The summed E-state index contributed by atoms with van der Waals surface area (Å²) in [6, 6.07) is -0.0357. The van der Waals surface area contributed by atoms with Gasteiger partial charge < -0.3 is 5.32 Å². The van der Waals surface area contributed by atoms with Gasteiger partial charge in [-0.05, 0) is 13.8 Å². The molecule has 13 heavy (non-hydrogen) atoms. The first-order valence-corrected chi connectivity index (χ1v) is 5.80. The number of hydrogen-bond donors (Lipinski definition) is 1.